The van der Waals surface area contributed by atoms with E-state index in [9.17, 15) is 0 Å². The van der Waals surface area contributed by atoms with Gasteiger partial charge in [0.1, 0.15) is 0 Å². The summed E-state index contributed by atoms with van der Waals surface area (Å²) in [5.41, 5.74) is 10.8. The van der Waals surface area contributed by atoms with Gasteiger partial charge in [0.2, 0.25) is 0 Å². The van der Waals surface area contributed by atoms with Crippen LogP contribution in [-0.2, 0) is 6.42 Å². The Bertz CT molecular complexity index is 1940. The molecule has 7 aromatic carbocycles. The molecule has 0 bridgehead atoms. The number of hydrogen-bond donors (Lipinski definition) is 0. The lowest BCUT2D eigenvalue weighted by Crippen LogP contribution is -1.91. The first-order chi connectivity index (χ1) is 18.4. The molecular weight excluding hydrogens is 444 g/mol. The van der Waals surface area contributed by atoms with Crippen LogP contribution in [0.2, 0.25) is 0 Å². The topological polar surface area (TPSA) is 0 Å². The number of benzene rings is 7. The van der Waals surface area contributed by atoms with Crippen LogP contribution in [0.3, 0.4) is 0 Å². The second-order valence-electron chi connectivity index (χ2n) is 10.1. The van der Waals surface area contributed by atoms with E-state index in [1.807, 2.05) is 0 Å². The van der Waals surface area contributed by atoms with Gasteiger partial charge in [0.15, 0.2) is 0 Å². The molecule has 0 fully saturated rings. The van der Waals surface area contributed by atoms with E-state index in [1.54, 1.807) is 0 Å². The van der Waals surface area contributed by atoms with Gasteiger partial charge in [-0.05, 0) is 83.2 Å². The zero-order chi connectivity index (χ0) is 24.3. The van der Waals surface area contributed by atoms with E-state index >= 15 is 0 Å². The van der Waals surface area contributed by atoms with Crippen LogP contribution in [-0.4, -0.2) is 0 Å². The predicted octanol–water partition coefficient (Wildman–Crippen LogP) is 10.1. The molecule has 7 aromatic rings. The van der Waals surface area contributed by atoms with Crippen molar-refractivity contribution in [1.82, 2.24) is 0 Å². The highest BCUT2D eigenvalue weighted by Crippen LogP contribution is 2.46. The summed E-state index contributed by atoms with van der Waals surface area (Å²) >= 11 is 0. The molecule has 1 aliphatic rings. The van der Waals surface area contributed by atoms with Gasteiger partial charge in [-0.2, -0.15) is 0 Å². The molecule has 172 valence electrons. The van der Waals surface area contributed by atoms with Crippen LogP contribution in [0, 0.1) is 0 Å². The molecule has 0 amide bonds. The predicted molar refractivity (Wildman–Crippen MR) is 158 cm³/mol. The summed E-state index contributed by atoms with van der Waals surface area (Å²) in [7, 11) is 0. The van der Waals surface area contributed by atoms with Gasteiger partial charge in [0.25, 0.3) is 0 Å². The van der Waals surface area contributed by atoms with Gasteiger partial charge in [-0.15, -0.1) is 0 Å². The minimum Gasteiger partial charge on any atom is -0.0622 e. The summed E-state index contributed by atoms with van der Waals surface area (Å²) in [5, 5.41) is 7.89. The third kappa shape index (κ3) is 3.03. The standard InChI is InChI=1S/C37H24/c1-2-11-25(12-3-1)35-31-14-6-8-16-33(31)37(34-17-9-7-15-32(34)35)27-20-21-30-28(23-27)22-26-19-18-24-10-4-5-13-29(24)36(26)30/h1-21,23H,22H2. The molecule has 0 heteroatoms. The van der Waals surface area contributed by atoms with Crippen LogP contribution in [0.5, 0.6) is 0 Å². The first-order valence-corrected chi connectivity index (χ1v) is 13.0. The highest BCUT2D eigenvalue weighted by molar-refractivity contribution is 6.21. The van der Waals surface area contributed by atoms with Crippen molar-refractivity contribution in [2.75, 3.05) is 0 Å². The Morgan fingerprint density at radius 1 is 0.351 bits per heavy atom. The van der Waals surface area contributed by atoms with Crippen molar-refractivity contribution in [1.29, 1.82) is 0 Å². The Balaban J connectivity index is 1.41. The van der Waals surface area contributed by atoms with E-state index < -0.39 is 0 Å². The zero-order valence-corrected chi connectivity index (χ0v) is 20.4. The summed E-state index contributed by atoms with van der Waals surface area (Å²) in [6.45, 7) is 0. The molecule has 0 aromatic heterocycles. The molecule has 0 N–H and O–H groups in total. The average molecular weight is 469 g/mol. The molecule has 0 unspecified atom stereocenters. The van der Waals surface area contributed by atoms with Crippen LogP contribution in [0.4, 0.5) is 0 Å². The van der Waals surface area contributed by atoms with Crippen molar-refractivity contribution in [3.63, 3.8) is 0 Å². The molecular formula is C37H24. The molecule has 0 nitrogen and oxygen atoms in total. The largest absolute Gasteiger partial charge is 0.0622 e. The van der Waals surface area contributed by atoms with Crippen molar-refractivity contribution in [3.8, 4) is 33.4 Å². The summed E-state index contributed by atoms with van der Waals surface area (Å²) in [5.74, 6) is 0. The lowest BCUT2D eigenvalue weighted by Gasteiger charge is -2.18. The summed E-state index contributed by atoms with van der Waals surface area (Å²) in [6, 6.07) is 49.1. The summed E-state index contributed by atoms with van der Waals surface area (Å²) in [4.78, 5) is 0. The van der Waals surface area contributed by atoms with Crippen molar-refractivity contribution >= 4 is 32.3 Å². The maximum Gasteiger partial charge on any atom is -0.00130 e. The molecule has 0 aliphatic heterocycles. The molecule has 0 saturated carbocycles. The van der Waals surface area contributed by atoms with E-state index in [2.05, 4.69) is 133 Å². The molecule has 1 aliphatic carbocycles. The third-order valence-corrected chi connectivity index (χ3v) is 8.05. The highest BCUT2D eigenvalue weighted by atomic mass is 14.3. The fourth-order valence-electron chi connectivity index (χ4n) is 6.48. The molecule has 0 radical (unpaired) electrons. The first kappa shape index (κ1) is 20.5. The number of fused-ring (bicyclic) bond motifs is 7. The van der Waals surface area contributed by atoms with Gasteiger partial charge in [-0.3, -0.25) is 0 Å². The molecule has 0 heterocycles. The van der Waals surface area contributed by atoms with Crippen molar-refractivity contribution < 1.29 is 0 Å². The van der Waals surface area contributed by atoms with Crippen LogP contribution in [0.1, 0.15) is 11.1 Å². The van der Waals surface area contributed by atoms with E-state index in [1.165, 1.54) is 76.8 Å². The van der Waals surface area contributed by atoms with Gasteiger partial charge in [0.05, 0.1) is 0 Å². The van der Waals surface area contributed by atoms with E-state index in [0.29, 0.717) is 0 Å². The Kier molecular flexibility index (Phi) is 4.39. The second-order valence-corrected chi connectivity index (χ2v) is 10.1. The smallest absolute Gasteiger partial charge is 0.00130 e. The fourth-order valence-corrected chi connectivity index (χ4v) is 6.48. The Labute approximate surface area is 216 Å². The minimum absolute atomic E-state index is 0.987. The van der Waals surface area contributed by atoms with Gasteiger partial charge in [-0.25, -0.2) is 0 Å². The molecule has 8 rings (SSSR count). The lowest BCUT2D eigenvalue weighted by molar-refractivity contribution is 1.27. The zero-order valence-electron chi connectivity index (χ0n) is 20.4. The minimum atomic E-state index is 0.987. The normalized spacial score (nSPS) is 12.2. The van der Waals surface area contributed by atoms with Crippen LogP contribution < -0.4 is 0 Å². The molecule has 0 saturated heterocycles. The lowest BCUT2D eigenvalue weighted by atomic mass is 9.85. The highest BCUT2D eigenvalue weighted by Gasteiger charge is 2.22. The van der Waals surface area contributed by atoms with Crippen LogP contribution in [0.15, 0.2) is 133 Å². The van der Waals surface area contributed by atoms with Crippen molar-refractivity contribution in [3.05, 3.63) is 145 Å². The molecule has 0 spiro atoms. The maximum absolute atomic E-state index is 2.44. The average Bonchev–Trinajstić information content (AvgIpc) is 3.34. The van der Waals surface area contributed by atoms with Crippen LogP contribution in [0.25, 0.3) is 65.7 Å². The Morgan fingerprint density at radius 3 is 1.59 bits per heavy atom. The monoisotopic (exact) mass is 468 g/mol. The van der Waals surface area contributed by atoms with Crippen LogP contribution >= 0.6 is 0 Å². The molecule has 37 heavy (non-hydrogen) atoms. The summed E-state index contributed by atoms with van der Waals surface area (Å²) < 4.78 is 0. The SMILES string of the molecule is c1ccc(-c2c3ccccc3c(-c3ccc4c(c3)Cc3ccc5ccccc5c3-4)c3ccccc23)cc1. The Morgan fingerprint density at radius 2 is 0.919 bits per heavy atom. The van der Waals surface area contributed by atoms with Crippen molar-refractivity contribution in [2.45, 2.75) is 6.42 Å². The van der Waals surface area contributed by atoms with Gasteiger partial charge in [-0.1, -0.05) is 133 Å². The fraction of sp³-hybridized carbons (Fsp3) is 0.0270. The number of rotatable bonds is 2. The Hall–Kier alpha value is -4.68. The van der Waals surface area contributed by atoms with Crippen molar-refractivity contribution in [2.24, 2.45) is 0 Å². The first-order valence-electron chi connectivity index (χ1n) is 13.0. The maximum atomic E-state index is 2.44. The van der Waals surface area contributed by atoms with E-state index in [4.69, 9.17) is 0 Å². The van der Waals surface area contributed by atoms with Gasteiger partial charge < -0.3 is 0 Å². The quantitative estimate of drug-likeness (QED) is 0.221. The van der Waals surface area contributed by atoms with Gasteiger partial charge in [0, 0.05) is 0 Å². The van der Waals surface area contributed by atoms with Gasteiger partial charge >= 0.3 is 0 Å². The van der Waals surface area contributed by atoms with E-state index in [0.717, 1.165) is 6.42 Å². The second kappa shape index (κ2) is 7.91. The third-order valence-electron chi connectivity index (χ3n) is 8.05. The number of hydrogen-bond acceptors (Lipinski definition) is 0. The summed E-state index contributed by atoms with van der Waals surface area (Å²) in [6.07, 6.45) is 0.987. The van der Waals surface area contributed by atoms with E-state index in [-0.39, 0.29) is 0 Å². The molecule has 0 atom stereocenters.